The Morgan fingerprint density at radius 3 is 3.07 bits per heavy atom. The zero-order valence-electron chi connectivity index (χ0n) is 8.40. The monoisotopic (exact) mass is 192 g/mol. The van der Waals surface area contributed by atoms with Gasteiger partial charge in [0.15, 0.2) is 0 Å². The summed E-state index contributed by atoms with van der Waals surface area (Å²) in [5, 5.41) is 13.1. The molecule has 1 aliphatic rings. The number of pyridine rings is 1. The van der Waals surface area contributed by atoms with Gasteiger partial charge in [-0.25, -0.2) is 0 Å². The maximum absolute atomic E-state index is 9.77. The van der Waals surface area contributed by atoms with E-state index in [1.807, 2.05) is 25.3 Å². The van der Waals surface area contributed by atoms with Gasteiger partial charge >= 0.3 is 0 Å². The van der Waals surface area contributed by atoms with Crippen molar-refractivity contribution in [1.82, 2.24) is 10.3 Å². The van der Waals surface area contributed by atoms with E-state index in [9.17, 15) is 5.11 Å². The molecule has 0 bridgehead atoms. The lowest BCUT2D eigenvalue weighted by molar-refractivity contribution is -0.0523. The van der Waals surface area contributed by atoms with Gasteiger partial charge < -0.3 is 10.4 Å². The van der Waals surface area contributed by atoms with Crippen LogP contribution in [-0.4, -0.2) is 21.7 Å². The van der Waals surface area contributed by atoms with Crippen LogP contribution in [0.25, 0.3) is 0 Å². The highest BCUT2D eigenvalue weighted by molar-refractivity contribution is 5.09. The molecule has 2 N–H and O–H groups in total. The fourth-order valence-corrected chi connectivity index (χ4v) is 1.77. The predicted molar refractivity (Wildman–Crippen MR) is 54.7 cm³/mol. The van der Waals surface area contributed by atoms with Crippen molar-refractivity contribution in [2.75, 3.05) is 0 Å². The molecule has 1 heterocycles. The molecular weight excluding hydrogens is 176 g/mol. The zero-order chi connectivity index (χ0) is 10.0. The van der Waals surface area contributed by atoms with Crippen LogP contribution in [0.5, 0.6) is 0 Å². The maximum atomic E-state index is 9.77. The van der Waals surface area contributed by atoms with Crippen molar-refractivity contribution in [3.05, 3.63) is 30.1 Å². The third kappa shape index (κ3) is 1.94. The Morgan fingerprint density at radius 1 is 1.71 bits per heavy atom. The SMILES string of the molecule is C[C@]1(O)CC[C@@H]1NCc1cccnc1. The summed E-state index contributed by atoms with van der Waals surface area (Å²) in [7, 11) is 0. The lowest BCUT2D eigenvalue weighted by atomic mass is 9.76. The molecular formula is C11H16N2O. The van der Waals surface area contributed by atoms with Gasteiger partial charge in [0, 0.05) is 25.0 Å². The first-order valence-electron chi connectivity index (χ1n) is 5.03. The van der Waals surface area contributed by atoms with Gasteiger partial charge in [-0.3, -0.25) is 4.98 Å². The second kappa shape index (κ2) is 3.67. The van der Waals surface area contributed by atoms with Crippen LogP contribution in [0.3, 0.4) is 0 Å². The predicted octanol–water partition coefficient (Wildman–Crippen LogP) is 1.08. The molecule has 1 fully saturated rings. The van der Waals surface area contributed by atoms with Gasteiger partial charge in [0.2, 0.25) is 0 Å². The molecule has 2 rings (SSSR count). The Labute approximate surface area is 84.2 Å². The van der Waals surface area contributed by atoms with Crippen molar-refractivity contribution in [2.45, 2.75) is 38.0 Å². The van der Waals surface area contributed by atoms with Crippen LogP contribution < -0.4 is 5.32 Å². The molecule has 0 radical (unpaired) electrons. The Bertz CT molecular complexity index is 297. The molecule has 0 aromatic carbocycles. The van der Waals surface area contributed by atoms with Crippen molar-refractivity contribution in [2.24, 2.45) is 0 Å². The molecule has 0 aliphatic heterocycles. The normalized spacial score (nSPS) is 31.1. The molecule has 2 atom stereocenters. The van der Waals surface area contributed by atoms with E-state index in [4.69, 9.17) is 0 Å². The van der Waals surface area contributed by atoms with Crippen molar-refractivity contribution >= 4 is 0 Å². The van der Waals surface area contributed by atoms with E-state index < -0.39 is 5.60 Å². The second-order valence-electron chi connectivity index (χ2n) is 4.19. The summed E-state index contributed by atoms with van der Waals surface area (Å²) >= 11 is 0. The summed E-state index contributed by atoms with van der Waals surface area (Å²) in [6, 6.07) is 4.20. The van der Waals surface area contributed by atoms with Crippen LogP contribution in [0.15, 0.2) is 24.5 Å². The van der Waals surface area contributed by atoms with Crippen molar-refractivity contribution < 1.29 is 5.11 Å². The number of nitrogens with zero attached hydrogens (tertiary/aromatic N) is 1. The standard InChI is InChI=1S/C11H16N2O/c1-11(14)5-4-10(11)13-8-9-3-2-6-12-7-9/h2-3,6-7,10,13-14H,4-5,8H2,1H3/t10-,11-/m0/s1. The van der Waals surface area contributed by atoms with Gasteiger partial charge in [-0.15, -0.1) is 0 Å². The van der Waals surface area contributed by atoms with E-state index in [1.54, 1.807) is 6.20 Å². The van der Waals surface area contributed by atoms with E-state index in [0.717, 1.165) is 24.9 Å². The largest absolute Gasteiger partial charge is 0.389 e. The minimum absolute atomic E-state index is 0.239. The van der Waals surface area contributed by atoms with E-state index in [1.165, 1.54) is 0 Å². The topological polar surface area (TPSA) is 45.1 Å². The van der Waals surface area contributed by atoms with Crippen LogP contribution in [0, 0.1) is 0 Å². The number of hydrogen-bond acceptors (Lipinski definition) is 3. The number of aromatic nitrogens is 1. The number of nitrogens with one attached hydrogen (secondary N) is 1. The van der Waals surface area contributed by atoms with Crippen molar-refractivity contribution in [3.63, 3.8) is 0 Å². The van der Waals surface area contributed by atoms with Crippen LogP contribution in [0.2, 0.25) is 0 Å². The highest BCUT2D eigenvalue weighted by atomic mass is 16.3. The average molecular weight is 192 g/mol. The Balaban J connectivity index is 1.84. The van der Waals surface area contributed by atoms with Crippen LogP contribution in [-0.2, 0) is 6.54 Å². The second-order valence-corrected chi connectivity index (χ2v) is 4.19. The summed E-state index contributed by atoms with van der Waals surface area (Å²) in [4.78, 5) is 4.04. The molecule has 0 unspecified atom stereocenters. The summed E-state index contributed by atoms with van der Waals surface area (Å²) < 4.78 is 0. The first-order chi connectivity index (χ1) is 6.68. The molecule has 0 saturated heterocycles. The number of aliphatic hydroxyl groups is 1. The molecule has 3 nitrogen and oxygen atoms in total. The Morgan fingerprint density at radius 2 is 2.57 bits per heavy atom. The summed E-state index contributed by atoms with van der Waals surface area (Å²) in [6.07, 6.45) is 5.58. The Hall–Kier alpha value is -0.930. The minimum atomic E-state index is -0.512. The van der Waals surface area contributed by atoms with E-state index in [2.05, 4.69) is 10.3 Å². The quantitative estimate of drug-likeness (QED) is 0.753. The molecule has 1 aromatic heterocycles. The molecule has 1 aliphatic carbocycles. The third-order valence-electron chi connectivity index (χ3n) is 2.97. The summed E-state index contributed by atoms with van der Waals surface area (Å²) in [5.74, 6) is 0. The van der Waals surface area contributed by atoms with Gasteiger partial charge in [-0.1, -0.05) is 6.07 Å². The van der Waals surface area contributed by atoms with Crippen LogP contribution in [0.1, 0.15) is 25.3 Å². The molecule has 0 spiro atoms. The molecule has 3 heteroatoms. The highest BCUT2D eigenvalue weighted by Gasteiger charge is 2.40. The molecule has 0 amide bonds. The van der Waals surface area contributed by atoms with Gasteiger partial charge in [-0.2, -0.15) is 0 Å². The van der Waals surface area contributed by atoms with Crippen LogP contribution in [0.4, 0.5) is 0 Å². The number of hydrogen-bond donors (Lipinski definition) is 2. The minimum Gasteiger partial charge on any atom is -0.389 e. The third-order valence-corrected chi connectivity index (χ3v) is 2.97. The molecule has 76 valence electrons. The maximum Gasteiger partial charge on any atom is 0.0772 e. The van der Waals surface area contributed by atoms with Gasteiger partial charge in [0.25, 0.3) is 0 Å². The summed E-state index contributed by atoms with van der Waals surface area (Å²) in [5.41, 5.74) is 0.651. The van der Waals surface area contributed by atoms with E-state index >= 15 is 0 Å². The van der Waals surface area contributed by atoms with Crippen LogP contribution >= 0.6 is 0 Å². The highest BCUT2D eigenvalue weighted by Crippen LogP contribution is 2.31. The summed E-state index contributed by atoms with van der Waals surface area (Å²) in [6.45, 7) is 2.67. The van der Waals surface area contributed by atoms with E-state index in [0.29, 0.717) is 0 Å². The average Bonchev–Trinajstić information content (AvgIpc) is 2.18. The van der Waals surface area contributed by atoms with Crippen molar-refractivity contribution in [1.29, 1.82) is 0 Å². The van der Waals surface area contributed by atoms with E-state index in [-0.39, 0.29) is 6.04 Å². The lowest BCUT2D eigenvalue weighted by Gasteiger charge is -2.43. The molecule has 1 aromatic rings. The molecule has 14 heavy (non-hydrogen) atoms. The lowest BCUT2D eigenvalue weighted by Crippen LogP contribution is -2.56. The smallest absolute Gasteiger partial charge is 0.0772 e. The van der Waals surface area contributed by atoms with Gasteiger partial charge in [0.1, 0.15) is 0 Å². The Kier molecular flexibility index (Phi) is 2.52. The zero-order valence-corrected chi connectivity index (χ0v) is 8.40. The number of rotatable bonds is 3. The fourth-order valence-electron chi connectivity index (χ4n) is 1.77. The van der Waals surface area contributed by atoms with Gasteiger partial charge in [-0.05, 0) is 31.4 Å². The first-order valence-corrected chi connectivity index (χ1v) is 5.03. The van der Waals surface area contributed by atoms with Crippen molar-refractivity contribution in [3.8, 4) is 0 Å². The fraction of sp³-hybridized carbons (Fsp3) is 0.545. The molecule has 1 saturated carbocycles. The van der Waals surface area contributed by atoms with Gasteiger partial charge in [0.05, 0.1) is 5.60 Å². The first kappa shape index (κ1) is 9.62.